The van der Waals surface area contributed by atoms with Crippen LogP contribution in [0.15, 0.2) is 22.8 Å². The van der Waals surface area contributed by atoms with Crippen molar-refractivity contribution in [1.29, 1.82) is 0 Å². The number of rotatable bonds is 5. The van der Waals surface area contributed by atoms with E-state index < -0.39 is 0 Å². The molecule has 1 aromatic heterocycles. The number of furan rings is 1. The van der Waals surface area contributed by atoms with E-state index in [1.54, 1.807) is 12.1 Å². The molecule has 0 aromatic carbocycles. The average Bonchev–Trinajstić information content (AvgIpc) is 2.89. The Hall–Kier alpha value is -2.09. The third kappa shape index (κ3) is 6.19. The molecule has 20 heavy (non-hydrogen) atoms. The molecule has 0 saturated heterocycles. The van der Waals surface area contributed by atoms with Crippen LogP contribution in [0.5, 0.6) is 0 Å². The SMILES string of the molecule is CC(C)NC(=S)NNC(=O)CCNC(=O)c1ccco1. The molecule has 1 rings (SSSR count). The summed E-state index contributed by atoms with van der Waals surface area (Å²) in [6.45, 7) is 4.07. The van der Waals surface area contributed by atoms with Gasteiger partial charge in [0.15, 0.2) is 10.9 Å². The molecule has 0 atom stereocenters. The van der Waals surface area contributed by atoms with Gasteiger partial charge in [0.1, 0.15) is 0 Å². The summed E-state index contributed by atoms with van der Waals surface area (Å²) in [6.07, 6.45) is 1.54. The van der Waals surface area contributed by atoms with Crippen LogP contribution in [0, 0.1) is 0 Å². The van der Waals surface area contributed by atoms with Crippen molar-refractivity contribution in [2.75, 3.05) is 6.54 Å². The van der Waals surface area contributed by atoms with Crippen molar-refractivity contribution in [3.8, 4) is 0 Å². The molecule has 0 bridgehead atoms. The molecule has 2 amide bonds. The minimum atomic E-state index is -0.354. The van der Waals surface area contributed by atoms with Crippen LogP contribution >= 0.6 is 12.2 Å². The van der Waals surface area contributed by atoms with E-state index in [0.717, 1.165) is 0 Å². The monoisotopic (exact) mass is 298 g/mol. The lowest BCUT2D eigenvalue weighted by Gasteiger charge is -2.13. The Bertz CT molecular complexity index is 459. The first kappa shape index (κ1) is 16.0. The Morgan fingerprint density at radius 3 is 2.70 bits per heavy atom. The van der Waals surface area contributed by atoms with Crippen molar-refractivity contribution in [2.24, 2.45) is 0 Å². The summed E-state index contributed by atoms with van der Waals surface area (Å²) in [5, 5.41) is 5.82. The zero-order valence-electron chi connectivity index (χ0n) is 11.4. The summed E-state index contributed by atoms with van der Waals surface area (Å²) in [7, 11) is 0. The van der Waals surface area contributed by atoms with Crippen molar-refractivity contribution in [3.63, 3.8) is 0 Å². The minimum absolute atomic E-state index is 0.129. The fraction of sp³-hybridized carbons (Fsp3) is 0.417. The average molecular weight is 298 g/mol. The minimum Gasteiger partial charge on any atom is -0.459 e. The smallest absolute Gasteiger partial charge is 0.286 e. The highest BCUT2D eigenvalue weighted by atomic mass is 32.1. The highest BCUT2D eigenvalue weighted by molar-refractivity contribution is 7.80. The third-order valence-corrected chi connectivity index (χ3v) is 2.34. The van der Waals surface area contributed by atoms with Gasteiger partial charge in [-0.2, -0.15) is 0 Å². The first-order chi connectivity index (χ1) is 9.49. The van der Waals surface area contributed by atoms with E-state index in [0.29, 0.717) is 5.11 Å². The number of nitrogens with one attached hydrogen (secondary N) is 4. The van der Waals surface area contributed by atoms with Crippen LogP contribution < -0.4 is 21.5 Å². The fourth-order valence-electron chi connectivity index (χ4n) is 1.27. The van der Waals surface area contributed by atoms with Crippen LogP contribution in [0.2, 0.25) is 0 Å². The van der Waals surface area contributed by atoms with Crippen LogP contribution in [-0.2, 0) is 4.79 Å². The molecule has 4 N–H and O–H groups in total. The van der Waals surface area contributed by atoms with E-state index in [1.165, 1.54) is 6.26 Å². The van der Waals surface area contributed by atoms with Crippen LogP contribution in [0.25, 0.3) is 0 Å². The largest absolute Gasteiger partial charge is 0.459 e. The quantitative estimate of drug-likeness (QED) is 0.461. The first-order valence-corrected chi connectivity index (χ1v) is 6.57. The molecule has 7 nitrogen and oxygen atoms in total. The molecular formula is C12H18N4O3S. The highest BCUT2D eigenvalue weighted by Crippen LogP contribution is 1.98. The molecule has 0 fully saturated rings. The van der Waals surface area contributed by atoms with Gasteiger partial charge in [-0.3, -0.25) is 20.4 Å². The summed E-state index contributed by atoms with van der Waals surface area (Å²) in [6, 6.07) is 3.35. The van der Waals surface area contributed by atoms with Gasteiger partial charge in [0, 0.05) is 19.0 Å². The second kappa shape index (κ2) is 8.16. The van der Waals surface area contributed by atoms with Gasteiger partial charge < -0.3 is 15.1 Å². The number of hydrazine groups is 1. The molecule has 0 spiro atoms. The predicted octanol–water partition coefficient (Wildman–Crippen LogP) is 0.303. The van der Waals surface area contributed by atoms with Crippen LogP contribution in [0.4, 0.5) is 0 Å². The van der Waals surface area contributed by atoms with Crippen LogP contribution in [0.1, 0.15) is 30.8 Å². The first-order valence-electron chi connectivity index (χ1n) is 6.16. The second-order valence-corrected chi connectivity index (χ2v) is 4.69. The molecule has 0 saturated carbocycles. The standard InChI is InChI=1S/C12H18N4O3S/c1-8(2)14-12(20)16-15-10(17)5-6-13-11(18)9-4-3-7-19-9/h3-4,7-8H,5-6H2,1-2H3,(H,13,18)(H,15,17)(H2,14,16,20). The summed E-state index contributed by atoms with van der Waals surface area (Å²) in [5.74, 6) is -0.420. The van der Waals surface area contributed by atoms with Gasteiger partial charge in [-0.1, -0.05) is 0 Å². The number of thiocarbonyl (C=S) groups is 1. The zero-order chi connectivity index (χ0) is 15.0. The maximum atomic E-state index is 11.5. The number of carbonyl (C=O) groups excluding carboxylic acids is 2. The van der Waals surface area contributed by atoms with E-state index in [2.05, 4.69) is 21.5 Å². The lowest BCUT2D eigenvalue weighted by molar-refractivity contribution is -0.121. The van der Waals surface area contributed by atoms with Crippen LogP contribution in [-0.4, -0.2) is 29.5 Å². The van der Waals surface area contributed by atoms with Crippen molar-refractivity contribution in [3.05, 3.63) is 24.2 Å². The summed E-state index contributed by atoms with van der Waals surface area (Å²) < 4.78 is 4.92. The zero-order valence-corrected chi connectivity index (χ0v) is 12.2. The van der Waals surface area contributed by atoms with Gasteiger partial charge >= 0.3 is 0 Å². The summed E-state index contributed by atoms with van der Waals surface area (Å²) >= 11 is 4.94. The maximum Gasteiger partial charge on any atom is 0.286 e. The number of hydrogen-bond acceptors (Lipinski definition) is 4. The molecule has 1 aromatic rings. The van der Waals surface area contributed by atoms with Crippen molar-refractivity contribution < 1.29 is 14.0 Å². The second-order valence-electron chi connectivity index (χ2n) is 4.28. The molecule has 1 heterocycles. The third-order valence-electron chi connectivity index (χ3n) is 2.12. The van der Waals surface area contributed by atoms with E-state index in [-0.39, 0.29) is 36.6 Å². The van der Waals surface area contributed by atoms with Gasteiger partial charge in [0.25, 0.3) is 5.91 Å². The molecule has 0 unspecified atom stereocenters. The van der Waals surface area contributed by atoms with Crippen molar-refractivity contribution in [1.82, 2.24) is 21.5 Å². The summed E-state index contributed by atoms with van der Waals surface area (Å²) in [5.41, 5.74) is 5.00. The maximum absolute atomic E-state index is 11.5. The normalized spacial score (nSPS) is 9.95. The molecule has 0 aliphatic carbocycles. The van der Waals surface area contributed by atoms with E-state index >= 15 is 0 Å². The van der Waals surface area contributed by atoms with Gasteiger partial charge in [0.05, 0.1) is 6.26 Å². The van der Waals surface area contributed by atoms with E-state index in [9.17, 15) is 9.59 Å². The van der Waals surface area contributed by atoms with Gasteiger partial charge in [-0.15, -0.1) is 0 Å². The fourth-order valence-corrected chi connectivity index (χ4v) is 1.56. The number of carbonyl (C=O) groups is 2. The topological polar surface area (TPSA) is 95.4 Å². The Morgan fingerprint density at radius 1 is 1.35 bits per heavy atom. The Morgan fingerprint density at radius 2 is 2.10 bits per heavy atom. The van der Waals surface area contributed by atoms with Crippen molar-refractivity contribution in [2.45, 2.75) is 26.3 Å². The Labute approximate surface area is 122 Å². The van der Waals surface area contributed by atoms with Gasteiger partial charge in [-0.05, 0) is 38.2 Å². The molecule has 0 aliphatic rings. The molecule has 0 aliphatic heterocycles. The van der Waals surface area contributed by atoms with Gasteiger partial charge in [-0.25, -0.2) is 0 Å². The molecular weight excluding hydrogens is 280 g/mol. The number of amides is 2. The molecule has 110 valence electrons. The van der Waals surface area contributed by atoms with Crippen LogP contribution in [0.3, 0.4) is 0 Å². The molecule has 0 radical (unpaired) electrons. The van der Waals surface area contributed by atoms with E-state index in [1.807, 2.05) is 13.8 Å². The Balaban J connectivity index is 2.14. The number of hydrogen-bond donors (Lipinski definition) is 4. The lowest BCUT2D eigenvalue weighted by Crippen LogP contribution is -2.49. The summed E-state index contributed by atoms with van der Waals surface area (Å²) in [4.78, 5) is 23.0. The molecule has 8 heteroatoms. The van der Waals surface area contributed by atoms with E-state index in [4.69, 9.17) is 16.6 Å². The predicted molar refractivity (Wildman–Crippen MR) is 77.8 cm³/mol. The lowest BCUT2D eigenvalue weighted by atomic mass is 10.3. The van der Waals surface area contributed by atoms with Gasteiger partial charge in [0.2, 0.25) is 5.91 Å². The van der Waals surface area contributed by atoms with Crippen molar-refractivity contribution >= 4 is 29.1 Å². The highest BCUT2D eigenvalue weighted by Gasteiger charge is 2.08. The Kier molecular flexibility index (Phi) is 6.51.